The molecular formula is C26H20N8. The van der Waals surface area contributed by atoms with E-state index in [0.29, 0.717) is 5.78 Å². The molecule has 0 atom stereocenters. The lowest BCUT2D eigenvalue weighted by Gasteiger charge is -2.16. The molecule has 0 bridgehead atoms. The molecule has 6 rings (SSSR count). The van der Waals surface area contributed by atoms with Crippen molar-refractivity contribution < 1.29 is 0 Å². The summed E-state index contributed by atoms with van der Waals surface area (Å²) in [6, 6.07) is 16.6. The maximum Gasteiger partial charge on any atom is 0.241 e. The fraction of sp³-hybridized carbons (Fsp3) is 0.154. The second-order valence-corrected chi connectivity index (χ2v) is 8.85. The van der Waals surface area contributed by atoms with Gasteiger partial charge in [-0.05, 0) is 56.2 Å². The molecule has 0 saturated carbocycles. The van der Waals surface area contributed by atoms with Crippen LogP contribution in [0.4, 0.5) is 0 Å². The van der Waals surface area contributed by atoms with Gasteiger partial charge in [-0.25, -0.2) is 9.97 Å². The summed E-state index contributed by atoms with van der Waals surface area (Å²) in [5.41, 5.74) is 6.06. The lowest BCUT2D eigenvalue weighted by atomic mass is 9.86. The molecule has 0 radical (unpaired) electrons. The number of hydrogen-bond donors (Lipinski definition) is 0. The first-order valence-electron chi connectivity index (χ1n) is 10.9. The zero-order valence-corrected chi connectivity index (χ0v) is 18.9. The lowest BCUT2D eigenvalue weighted by Crippen LogP contribution is -2.13. The van der Waals surface area contributed by atoms with Crippen molar-refractivity contribution >= 4 is 27.7 Å². The van der Waals surface area contributed by atoms with Crippen molar-refractivity contribution in [2.45, 2.75) is 26.2 Å². The van der Waals surface area contributed by atoms with Gasteiger partial charge in [0.2, 0.25) is 5.78 Å². The van der Waals surface area contributed by atoms with Crippen molar-refractivity contribution in [2.24, 2.45) is 0 Å². The van der Waals surface area contributed by atoms with Gasteiger partial charge in [-0.1, -0.05) is 18.2 Å². The Bertz CT molecular complexity index is 1740. The molecule has 0 saturated heterocycles. The number of fused-ring (bicyclic) bond motifs is 5. The standard InChI is InChI=1S/C26H20N8/c1-16-31-32-25-33(16)23-13-30-22-9-4-17(18-11-28-15-29-12-18)10-21(22)24(23)34(25)20-7-5-19(6-8-20)26(2,3)14-27/h4-13,15H,1-3H3. The summed E-state index contributed by atoms with van der Waals surface area (Å²) >= 11 is 0. The van der Waals surface area contributed by atoms with E-state index in [0.717, 1.165) is 50.1 Å². The van der Waals surface area contributed by atoms with Crippen LogP contribution in [0.25, 0.3) is 44.5 Å². The molecule has 0 amide bonds. The second kappa shape index (κ2) is 7.18. The Morgan fingerprint density at radius 3 is 2.41 bits per heavy atom. The van der Waals surface area contributed by atoms with Crippen LogP contribution in [0.5, 0.6) is 0 Å². The predicted octanol–water partition coefficient (Wildman–Crippen LogP) is 4.79. The number of pyridine rings is 1. The maximum absolute atomic E-state index is 9.53. The Morgan fingerprint density at radius 2 is 1.68 bits per heavy atom. The molecule has 0 spiro atoms. The smallest absolute Gasteiger partial charge is 0.241 e. The largest absolute Gasteiger partial charge is 0.276 e. The van der Waals surface area contributed by atoms with E-state index in [9.17, 15) is 5.26 Å². The van der Waals surface area contributed by atoms with E-state index >= 15 is 0 Å². The predicted molar refractivity (Wildman–Crippen MR) is 130 cm³/mol. The van der Waals surface area contributed by atoms with Gasteiger partial charge >= 0.3 is 0 Å². The molecule has 0 unspecified atom stereocenters. The third-order valence-electron chi connectivity index (χ3n) is 6.31. The summed E-state index contributed by atoms with van der Waals surface area (Å²) in [4.78, 5) is 13.1. The zero-order valence-electron chi connectivity index (χ0n) is 18.9. The Morgan fingerprint density at radius 1 is 0.912 bits per heavy atom. The lowest BCUT2D eigenvalue weighted by molar-refractivity contribution is 0.687. The molecule has 0 aliphatic heterocycles. The van der Waals surface area contributed by atoms with Gasteiger partial charge in [-0.2, -0.15) is 5.26 Å². The summed E-state index contributed by atoms with van der Waals surface area (Å²) < 4.78 is 4.13. The zero-order chi connectivity index (χ0) is 23.4. The molecule has 0 fully saturated rings. The van der Waals surface area contributed by atoms with Crippen LogP contribution in [0.2, 0.25) is 0 Å². The highest BCUT2D eigenvalue weighted by Gasteiger charge is 2.22. The number of nitriles is 1. The maximum atomic E-state index is 9.53. The minimum absolute atomic E-state index is 0.568. The Labute approximate surface area is 195 Å². The number of imidazole rings is 1. The second-order valence-electron chi connectivity index (χ2n) is 8.85. The molecule has 0 aliphatic carbocycles. The van der Waals surface area contributed by atoms with Gasteiger partial charge < -0.3 is 0 Å². The summed E-state index contributed by atoms with van der Waals surface area (Å²) in [5.74, 6) is 1.50. The van der Waals surface area contributed by atoms with E-state index in [4.69, 9.17) is 4.98 Å². The Balaban J connectivity index is 1.68. The van der Waals surface area contributed by atoms with E-state index in [1.54, 1.807) is 12.4 Å². The number of hydrogen-bond acceptors (Lipinski definition) is 6. The molecule has 0 N–H and O–H groups in total. The van der Waals surface area contributed by atoms with E-state index < -0.39 is 5.41 Å². The van der Waals surface area contributed by atoms with E-state index in [1.165, 1.54) is 6.33 Å². The fourth-order valence-corrected chi connectivity index (χ4v) is 4.41. The van der Waals surface area contributed by atoms with Crippen molar-refractivity contribution in [1.29, 1.82) is 5.26 Å². The first-order valence-corrected chi connectivity index (χ1v) is 10.9. The Hall–Kier alpha value is -4.64. The quantitative estimate of drug-likeness (QED) is 0.389. The molecule has 4 heterocycles. The van der Waals surface area contributed by atoms with E-state index in [1.807, 2.05) is 67.8 Å². The molecular weight excluding hydrogens is 424 g/mol. The van der Waals surface area contributed by atoms with Gasteiger partial charge in [0.1, 0.15) is 12.2 Å². The minimum atomic E-state index is -0.568. The molecule has 0 aliphatic rings. The fourth-order valence-electron chi connectivity index (χ4n) is 4.41. The van der Waals surface area contributed by atoms with Crippen molar-refractivity contribution in [3.63, 3.8) is 0 Å². The summed E-state index contributed by atoms with van der Waals surface area (Å²) in [6.45, 7) is 5.77. The summed E-state index contributed by atoms with van der Waals surface area (Å²) in [6.07, 6.45) is 7.00. The Kier molecular flexibility index (Phi) is 4.23. The van der Waals surface area contributed by atoms with Crippen LogP contribution >= 0.6 is 0 Å². The van der Waals surface area contributed by atoms with Crippen molar-refractivity contribution in [3.8, 4) is 22.9 Å². The topological polar surface area (TPSA) is 97.6 Å². The number of benzene rings is 2. The third kappa shape index (κ3) is 2.87. The van der Waals surface area contributed by atoms with Gasteiger partial charge in [0.15, 0.2) is 0 Å². The first kappa shape index (κ1) is 20.0. The van der Waals surface area contributed by atoms with Crippen LogP contribution in [0.3, 0.4) is 0 Å². The van der Waals surface area contributed by atoms with Gasteiger partial charge in [0.25, 0.3) is 0 Å². The number of aryl methyl sites for hydroxylation is 1. The molecule has 164 valence electrons. The van der Waals surface area contributed by atoms with Crippen LogP contribution in [0.1, 0.15) is 25.2 Å². The highest BCUT2D eigenvalue weighted by Crippen LogP contribution is 2.33. The van der Waals surface area contributed by atoms with Crippen LogP contribution in [-0.2, 0) is 5.41 Å². The van der Waals surface area contributed by atoms with Crippen LogP contribution in [-0.4, -0.2) is 34.1 Å². The van der Waals surface area contributed by atoms with E-state index in [2.05, 4.69) is 36.9 Å². The number of rotatable bonds is 3. The normalized spacial score (nSPS) is 11.9. The minimum Gasteiger partial charge on any atom is -0.276 e. The highest BCUT2D eigenvalue weighted by atomic mass is 15.3. The monoisotopic (exact) mass is 444 g/mol. The average molecular weight is 445 g/mol. The molecule has 34 heavy (non-hydrogen) atoms. The van der Waals surface area contributed by atoms with Crippen molar-refractivity contribution in [2.75, 3.05) is 0 Å². The van der Waals surface area contributed by atoms with Crippen LogP contribution in [0.15, 0.2) is 67.4 Å². The number of nitrogens with zero attached hydrogens (tertiary/aromatic N) is 8. The van der Waals surface area contributed by atoms with Crippen LogP contribution in [0, 0.1) is 18.3 Å². The van der Waals surface area contributed by atoms with Gasteiger partial charge in [0, 0.05) is 29.0 Å². The molecule has 8 nitrogen and oxygen atoms in total. The van der Waals surface area contributed by atoms with Gasteiger partial charge in [-0.3, -0.25) is 14.0 Å². The molecule has 8 heteroatoms. The summed E-state index contributed by atoms with van der Waals surface area (Å²) in [5, 5.41) is 19.3. The van der Waals surface area contributed by atoms with Crippen molar-refractivity contribution in [3.05, 3.63) is 78.8 Å². The van der Waals surface area contributed by atoms with Gasteiger partial charge in [-0.15, -0.1) is 10.2 Å². The first-order chi connectivity index (χ1) is 16.5. The SMILES string of the molecule is Cc1nnc2n(-c3ccc(C(C)(C)C#N)cc3)c3c4cc(-c5cncnc5)ccc4ncc3n12. The number of aromatic nitrogens is 7. The molecule has 4 aromatic heterocycles. The molecule has 6 aromatic rings. The average Bonchev–Trinajstić information content (AvgIpc) is 3.42. The summed E-state index contributed by atoms with van der Waals surface area (Å²) in [7, 11) is 0. The van der Waals surface area contributed by atoms with Gasteiger partial charge in [0.05, 0.1) is 34.2 Å². The highest BCUT2D eigenvalue weighted by molar-refractivity contribution is 6.06. The molecule has 2 aromatic carbocycles. The van der Waals surface area contributed by atoms with Crippen LogP contribution < -0.4 is 0 Å². The van der Waals surface area contributed by atoms with Crippen molar-refractivity contribution in [1.82, 2.24) is 34.1 Å². The third-order valence-corrected chi connectivity index (χ3v) is 6.31. The van der Waals surface area contributed by atoms with E-state index in [-0.39, 0.29) is 0 Å².